The topological polar surface area (TPSA) is 59.8 Å². The first-order valence-electron chi connectivity index (χ1n) is 6.69. The number of aromatic nitrogens is 3. The van der Waals surface area contributed by atoms with Gasteiger partial charge in [-0.1, -0.05) is 70.3 Å². The quantitative estimate of drug-likeness (QED) is 0.716. The number of fused-ring (bicyclic) bond motifs is 1. The Labute approximate surface area is 147 Å². The molecule has 0 aliphatic rings. The van der Waals surface area contributed by atoms with E-state index < -0.39 is 9.96 Å². The van der Waals surface area contributed by atoms with E-state index in [1.165, 1.54) is 4.68 Å². The summed E-state index contributed by atoms with van der Waals surface area (Å²) in [6.07, 6.45) is -1.01. The van der Waals surface area contributed by atoms with Gasteiger partial charge >= 0.3 is 0 Å². The number of hydrogen-bond donors (Lipinski definition) is 1. The van der Waals surface area contributed by atoms with Crippen molar-refractivity contribution < 1.29 is 4.79 Å². The summed E-state index contributed by atoms with van der Waals surface area (Å²) in [5, 5.41) is 10.7. The summed E-state index contributed by atoms with van der Waals surface area (Å²) < 4.78 is -0.413. The second kappa shape index (κ2) is 6.35. The Morgan fingerprint density at radius 1 is 1.04 bits per heavy atom. The molecule has 5 nitrogen and oxygen atoms in total. The zero-order valence-electron chi connectivity index (χ0n) is 11.7. The maximum absolute atomic E-state index is 12.4. The fourth-order valence-corrected chi connectivity index (χ4v) is 2.60. The first kappa shape index (κ1) is 16.1. The average molecular weight is 370 g/mol. The van der Waals surface area contributed by atoms with Gasteiger partial charge in [-0.05, 0) is 24.3 Å². The summed E-state index contributed by atoms with van der Waals surface area (Å²) >= 11 is 18.2. The molecular formula is C15H11Cl3N4O. The van der Waals surface area contributed by atoms with Gasteiger partial charge in [-0.25, -0.2) is 4.68 Å². The number of nitrogens with zero attached hydrogens (tertiary/aromatic N) is 3. The number of carbonyl (C=O) groups is 1. The van der Waals surface area contributed by atoms with Crippen LogP contribution in [0.15, 0.2) is 54.6 Å². The molecule has 0 radical (unpaired) electrons. The molecule has 23 heavy (non-hydrogen) atoms. The highest BCUT2D eigenvalue weighted by Gasteiger charge is 2.37. The number of rotatable bonds is 3. The lowest BCUT2D eigenvalue weighted by Crippen LogP contribution is -2.41. The summed E-state index contributed by atoms with van der Waals surface area (Å²) in [5.41, 5.74) is 1.74. The van der Waals surface area contributed by atoms with Crippen LogP contribution in [0.2, 0.25) is 0 Å². The summed E-state index contributed by atoms with van der Waals surface area (Å²) in [5.74, 6) is -0.374. The number of hydrogen-bond acceptors (Lipinski definition) is 3. The first-order chi connectivity index (χ1) is 11.0. The first-order valence-corrected chi connectivity index (χ1v) is 7.83. The van der Waals surface area contributed by atoms with E-state index in [1.54, 1.807) is 36.4 Å². The van der Waals surface area contributed by atoms with Gasteiger partial charge in [-0.3, -0.25) is 4.79 Å². The van der Waals surface area contributed by atoms with Crippen LogP contribution >= 0.6 is 34.8 Å². The van der Waals surface area contributed by atoms with Gasteiger partial charge in [0.2, 0.25) is 3.79 Å². The Hall–Kier alpha value is -1.82. The van der Waals surface area contributed by atoms with E-state index in [1.807, 2.05) is 18.2 Å². The third-order valence-electron chi connectivity index (χ3n) is 3.24. The Morgan fingerprint density at radius 3 is 2.39 bits per heavy atom. The molecule has 3 aromatic rings. The molecule has 0 unspecified atom stereocenters. The Kier molecular flexibility index (Phi) is 4.43. The molecule has 1 heterocycles. The third-order valence-corrected chi connectivity index (χ3v) is 3.86. The van der Waals surface area contributed by atoms with Crippen LogP contribution < -0.4 is 5.32 Å². The summed E-state index contributed by atoms with van der Waals surface area (Å²) in [7, 11) is 0. The molecule has 0 saturated carbocycles. The smallest absolute Gasteiger partial charge is 0.253 e. The van der Waals surface area contributed by atoms with Crippen molar-refractivity contribution in [1.82, 2.24) is 20.3 Å². The van der Waals surface area contributed by atoms with E-state index in [9.17, 15) is 4.79 Å². The number of amides is 1. The normalized spacial score (nSPS) is 13.0. The van der Waals surface area contributed by atoms with Crippen LogP contribution in [0, 0.1) is 0 Å². The number of carbonyl (C=O) groups excluding carboxylic acids is 1. The van der Waals surface area contributed by atoms with Crippen molar-refractivity contribution in [3.05, 3.63) is 60.2 Å². The fourth-order valence-electron chi connectivity index (χ4n) is 2.16. The SMILES string of the molecule is O=C(N[C@@H](n1nnc2ccccc21)C(Cl)(Cl)Cl)c1ccccc1. The molecule has 1 atom stereocenters. The van der Waals surface area contributed by atoms with Gasteiger partial charge in [0.05, 0.1) is 5.52 Å². The molecule has 0 saturated heterocycles. The molecule has 8 heteroatoms. The van der Waals surface area contributed by atoms with E-state index in [4.69, 9.17) is 34.8 Å². The van der Waals surface area contributed by atoms with Crippen molar-refractivity contribution in [3.63, 3.8) is 0 Å². The highest BCUT2D eigenvalue weighted by Crippen LogP contribution is 2.37. The predicted molar refractivity (Wildman–Crippen MR) is 90.8 cm³/mol. The molecule has 1 amide bonds. The minimum atomic E-state index is -1.80. The van der Waals surface area contributed by atoms with E-state index in [-0.39, 0.29) is 5.91 Å². The van der Waals surface area contributed by atoms with E-state index in [0.29, 0.717) is 16.6 Å². The van der Waals surface area contributed by atoms with Gasteiger partial charge in [0.1, 0.15) is 5.52 Å². The van der Waals surface area contributed by atoms with Gasteiger partial charge in [-0.15, -0.1) is 5.10 Å². The van der Waals surface area contributed by atoms with Crippen LogP contribution in [-0.2, 0) is 0 Å². The van der Waals surface area contributed by atoms with Crippen molar-refractivity contribution in [3.8, 4) is 0 Å². The van der Waals surface area contributed by atoms with Gasteiger partial charge in [0.25, 0.3) is 5.91 Å². The summed E-state index contributed by atoms with van der Waals surface area (Å²) in [6.45, 7) is 0. The molecule has 2 aromatic carbocycles. The van der Waals surface area contributed by atoms with Crippen molar-refractivity contribution >= 4 is 51.7 Å². The molecule has 0 aliphatic heterocycles. The summed E-state index contributed by atoms with van der Waals surface area (Å²) in [4.78, 5) is 12.4. The lowest BCUT2D eigenvalue weighted by Gasteiger charge is -2.25. The van der Waals surface area contributed by atoms with Gasteiger partial charge in [0, 0.05) is 5.56 Å². The standard InChI is InChI=1S/C15H11Cl3N4O/c16-15(17,18)14(19-13(23)10-6-2-1-3-7-10)22-12-9-5-4-8-11(12)20-21-22/h1-9,14H,(H,19,23)/t14-/m0/s1. The minimum absolute atomic E-state index is 0.374. The zero-order chi connectivity index (χ0) is 16.4. The van der Waals surface area contributed by atoms with Crippen molar-refractivity contribution in [2.75, 3.05) is 0 Å². The van der Waals surface area contributed by atoms with Crippen LogP contribution in [0.5, 0.6) is 0 Å². The third kappa shape index (κ3) is 3.42. The van der Waals surface area contributed by atoms with E-state index >= 15 is 0 Å². The lowest BCUT2D eigenvalue weighted by molar-refractivity contribution is 0.0917. The second-order valence-corrected chi connectivity index (χ2v) is 7.18. The van der Waals surface area contributed by atoms with Crippen molar-refractivity contribution in [2.24, 2.45) is 0 Å². The minimum Gasteiger partial charge on any atom is -0.326 e. The number of para-hydroxylation sites is 1. The number of alkyl halides is 3. The molecule has 0 bridgehead atoms. The number of nitrogens with one attached hydrogen (secondary N) is 1. The number of benzene rings is 2. The van der Waals surface area contributed by atoms with Gasteiger partial charge < -0.3 is 5.32 Å². The largest absolute Gasteiger partial charge is 0.326 e. The van der Waals surface area contributed by atoms with E-state index in [0.717, 1.165) is 0 Å². The van der Waals surface area contributed by atoms with Crippen LogP contribution in [-0.4, -0.2) is 24.7 Å². The maximum atomic E-state index is 12.4. The number of halogens is 3. The molecule has 1 N–H and O–H groups in total. The highest BCUT2D eigenvalue weighted by atomic mass is 35.6. The van der Waals surface area contributed by atoms with Crippen LogP contribution in [0.1, 0.15) is 16.5 Å². The Balaban J connectivity index is 1.98. The lowest BCUT2D eigenvalue weighted by atomic mass is 10.2. The van der Waals surface area contributed by atoms with Gasteiger partial charge in [0.15, 0.2) is 6.17 Å². The van der Waals surface area contributed by atoms with E-state index in [2.05, 4.69) is 15.6 Å². The highest BCUT2D eigenvalue weighted by molar-refractivity contribution is 6.68. The van der Waals surface area contributed by atoms with Crippen LogP contribution in [0.25, 0.3) is 11.0 Å². The van der Waals surface area contributed by atoms with Crippen LogP contribution in [0.3, 0.4) is 0 Å². The Bertz CT molecular complexity index is 829. The maximum Gasteiger partial charge on any atom is 0.253 e. The molecule has 1 aromatic heterocycles. The molecule has 118 valence electrons. The van der Waals surface area contributed by atoms with Crippen molar-refractivity contribution in [2.45, 2.75) is 9.96 Å². The van der Waals surface area contributed by atoms with Crippen molar-refractivity contribution in [1.29, 1.82) is 0 Å². The molecule has 0 spiro atoms. The molecular weight excluding hydrogens is 359 g/mol. The Morgan fingerprint density at radius 2 is 1.70 bits per heavy atom. The van der Waals surface area contributed by atoms with Crippen LogP contribution in [0.4, 0.5) is 0 Å². The summed E-state index contributed by atoms with van der Waals surface area (Å²) in [6, 6.07) is 15.9. The molecule has 0 aliphatic carbocycles. The second-order valence-electron chi connectivity index (χ2n) is 4.81. The molecule has 3 rings (SSSR count). The molecule has 0 fully saturated rings. The average Bonchev–Trinajstić information content (AvgIpc) is 2.96. The fraction of sp³-hybridized carbons (Fsp3) is 0.133. The monoisotopic (exact) mass is 368 g/mol. The van der Waals surface area contributed by atoms with Gasteiger partial charge in [-0.2, -0.15) is 0 Å². The predicted octanol–water partition coefficient (Wildman–Crippen LogP) is 3.73. The zero-order valence-corrected chi connectivity index (χ0v) is 13.9.